The van der Waals surface area contributed by atoms with Gasteiger partial charge in [0, 0.05) is 25.4 Å². The normalized spacial score (nSPS) is 18.5. The Morgan fingerprint density at radius 2 is 2.12 bits per heavy atom. The molecular weight excluding hydrogens is 326 g/mol. The summed E-state index contributed by atoms with van der Waals surface area (Å²) in [5.74, 6) is -0.598. The molecule has 5 nitrogen and oxygen atoms in total. The van der Waals surface area contributed by atoms with Crippen LogP contribution in [0.5, 0.6) is 0 Å². The van der Waals surface area contributed by atoms with Crippen molar-refractivity contribution in [2.45, 2.75) is 19.4 Å². The van der Waals surface area contributed by atoms with Gasteiger partial charge in [0.2, 0.25) is 11.8 Å². The third kappa shape index (κ3) is 3.41. The first-order valence-corrected chi connectivity index (χ1v) is 8.19. The molecular formula is C18H18ClN3O2. The van der Waals surface area contributed by atoms with Gasteiger partial charge in [-0.05, 0) is 30.7 Å². The number of halogens is 1. The van der Waals surface area contributed by atoms with Crippen LogP contribution in [0, 0.1) is 5.92 Å². The van der Waals surface area contributed by atoms with Crippen molar-refractivity contribution in [2.24, 2.45) is 5.92 Å². The lowest BCUT2D eigenvalue weighted by atomic mass is 10.1. The Labute approximate surface area is 145 Å². The van der Waals surface area contributed by atoms with Crippen LogP contribution in [0.15, 0.2) is 48.8 Å². The number of amides is 2. The summed E-state index contributed by atoms with van der Waals surface area (Å²) in [6.45, 7) is 2.24. The number of carbonyl (C=O) groups is 2. The van der Waals surface area contributed by atoms with Crippen LogP contribution in [0.4, 0.5) is 5.69 Å². The van der Waals surface area contributed by atoms with Gasteiger partial charge in [-0.3, -0.25) is 14.6 Å². The fourth-order valence-electron chi connectivity index (χ4n) is 2.83. The summed E-state index contributed by atoms with van der Waals surface area (Å²) in [4.78, 5) is 30.4. The highest BCUT2D eigenvalue weighted by Crippen LogP contribution is 2.31. The van der Waals surface area contributed by atoms with E-state index in [0.29, 0.717) is 17.3 Å². The van der Waals surface area contributed by atoms with E-state index >= 15 is 0 Å². The van der Waals surface area contributed by atoms with Crippen LogP contribution in [0.3, 0.4) is 0 Å². The minimum Gasteiger partial charge on any atom is -0.349 e. The molecule has 24 heavy (non-hydrogen) atoms. The van der Waals surface area contributed by atoms with Gasteiger partial charge in [0.25, 0.3) is 0 Å². The van der Waals surface area contributed by atoms with Crippen LogP contribution in [0.1, 0.15) is 24.9 Å². The van der Waals surface area contributed by atoms with Gasteiger partial charge in [-0.25, -0.2) is 0 Å². The van der Waals surface area contributed by atoms with E-state index in [1.807, 2.05) is 31.2 Å². The molecule has 124 valence electrons. The van der Waals surface area contributed by atoms with E-state index in [1.54, 1.807) is 29.4 Å². The molecule has 0 spiro atoms. The van der Waals surface area contributed by atoms with Crippen LogP contribution in [0.2, 0.25) is 5.02 Å². The fraction of sp³-hybridized carbons (Fsp3) is 0.278. The van der Waals surface area contributed by atoms with Crippen molar-refractivity contribution >= 4 is 29.1 Å². The Morgan fingerprint density at radius 3 is 2.83 bits per heavy atom. The van der Waals surface area contributed by atoms with Gasteiger partial charge >= 0.3 is 0 Å². The SMILES string of the molecule is C[C@@H](NC(=O)[C@@H]1CC(=O)N(c2ccccc2Cl)C1)c1cccnc1. The molecule has 6 heteroatoms. The Morgan fingerprint density at radius 1 is 1.33 bits per heavy atom. The highest BCUT2D eigenvalue weighted by Gasteiger charge is 2.36. The summed E-state index contributed by atoms with van der Waals surface area (Å²) in [6, 6.07) is 10.7. The van der Waals surface area contributed by atoms with Gasteiger partial charge in [0.05, 0.1) is 22.7 Å². The molecule has 0 bridgehead atoms. The van der Waals surface area contributed by atoms with E-state index in [-0.39, 0.29) is 30.2 Å². The zero-order chi connectivity index (χ0) is 17.1. The van der Waals surface area contributed by atoms with Crippen LogP contribution in [-0.4, -0.2) is 23.3 Å². The molecule has 2 aromatic rings. The molecule has 2 heterocycles. The van der Waals surface area contributed by atoms with Crippen LogP contribution < -0.4 is 10.2 Å². The van der Waals surface area contributed by atoms with Crippen LogP contribution in [0.25, 0.3) is 0 Å². The summed E-state index contributed by atoms with van der Waals surface area (Å²) in [5, 5.41) is 3.46. The number of hydrogen-bond donors (Lipinski definition) is 1. The average molecular weight is 344 g/mol. The van der Waals surface area contributed by atoms with Gasteiger partial charge in [-0.2, -0.15) is 0 Å². The Kier molecular flexibility index (Phi) is 4.81. The number of para-hydroxylation sites is 1. The summed E-state index contributed by atoms with van der Waals surface area (Å²) < 4.78 is 0. The molecule has 2 amide bonds. The highest BCUT2D eigenvalue weighted by atomic mass is 35.5. The van der Waals surface area contributed by atoms with Gasteiger partial charge in [0.1, 0.15) is 0 Å². The quantitative estimate of drug-likeness (QED) is 0.928. The number of hydrogen-bond acceptors (Lipinski definition) is 3. The van der Waals surface area contributed by atoms with Crippen molar-refractivity contribution in [3.05, 3.63) is 59.4 Å². The number of rotatable bonds is 4. The molecule has 0 aliphatic carbocycles. The third-order valence-electron chi connectivity index (χ3n) is 4.18. The van der Waals surface area contributed by atoms with Crippen molar-refractivity contribution < 1.29 is 9.59 Å². The molecule has 0 radical (unpaired) electrons. The minimum absolute atomic E-state index is 0.0859. The van der Waals surface area contributed by atoms with Crippen molar-refractivity contribution in [1.29, 1.82) is 0 Å². The van der Waals surface area contributed by atoms with Gasteiger partial charge < -0.3 is 10.2 Å². The molecule has 1 aliphatic heterocycles. The topological polar surface area (TPSA) is 62.3 Å². The first-order valence-electron chi connectivity index (χ1n) is 7.81. The third-order valence-corrected chi connectivity index (χ3v) is 4.50. The van der Waals surface area contributed by atoms with Crippen molar-refractivity contribution in [3.63, 3.8) is 0 Å². The summed E-state index contributed by atoms with van der Waals surface area (Å²) in [7, 11) is 0. The lowest BCUT2D eigenvalue weighted by molar-refractivity contribution is -0.126. The molecule has 3 rings (SSSR count). The lowest BCUT2D eigenvalue weighted by Crippen LogP contribution is -2.34. The Bertz CT molecular complexity index is 751. The summed E-state index contributed by atoms with van der Waals surface area (Å²) >= 11 is 6.16. The largest absolute Gasteiger partial charge is 0.349 e. The number of nitrogens with zero attached hydrogens (tertiary/aromatic N) is 2. The van der Waals surface area contributed by atoms with E-state index in [9.17, 15) is 9.59 Å². The van der Waals surface area contributed by atoms with E-state index in [2.05, 4.69) is 10.3 Å². The number of nitrogens with one attached hydrogen (secondary N) is 1. The molecule has 1 aliphatic rings. The zero-order valence-electron chi connectivity index (χ0n) is 13.3. The Balaban J connectivity index is 1.67. The van der Waals surface area contributed by atoms with Gasteiger partial charge in [0.15, 0.2) is 0 Å². The molecule has 1 saturated heterocycles. The van der Waals surface area contributed by atoms with E-state index in [0.717, 1.165) is 5.56 Å². The van der Waals surface area contributed by atoms with E-state index < -0.39 is 0 Å². The van der Waals surface area contributed by atoms with Gasteiger partial charge in [-0.15, -0.1) is 0 Å². The summed E-state index contributed by atoms with van der Waals surface area (Å²) in [6.07, 6.45) is 3.60. The molecule has 0 unspecified atom stereocenters. The fourth-order valence-corrected chi connectivity index (χ4v) is 3.07. The number of carbonyl (C=O) groups excluding carboxylic acids is 2. The Hall–Kier alpha value is -2.40. The molecule has 1 N–H and O–H groups in total. The monoisotopic (exact) mass is 343 g/mol. The molecule has 2 atom stereocenters. The first-order chi connectivity index (χ1) is 11.6. The first kappa shape index (κ1) is 16.5. The number of pyridine rings is 1. The maximum atomic E-state index is 12.5. The second kappa shape index (κ2) is 7.01. The van der Waals surface area contributed by atoms with Crippen molar-refractivity contribution in [1.82, 2.24) is 10.3 Å². The van der Waals surface area contributed by atoms with Crippen molar-refractivity contribution in [3.8, 4) is 0 Å². The van der Waals surface area contributed by atoms with Crippen LogP contribution in [-0.2, 0) is 9.59 Å². The predicted octanol–water partition coefficient (Wildman–Crippen LogP) is 2.97. The zero-order valence-corrected chi connectivity index (χ0v) is 14.0. The predicted molar refractivity (Wildman–Crippen MR) is 92.7 cm³/mol. The maximum absolute atomic E-state index is 12.5. The second-order valence-electron chi connectivity index (χ2n) is 5.87. The van der Waals surface area contributed by atoms with Crippen LogP contribution >= 0.6 is 11.6 Å². The summed E-state index contributed by atoms with van der Waals surface area (Å²) in [5.41, 5.74) is 1.58. The number of benzene rings is 1. The van der Waals surface area contributed by atoms with E-state index in [1.165, 1.54) is 0 Å². The number of anilines is 1. The van der Waals surface area contributed by atoms with Crippen molar-refractivity contribution in [2.75, 3.05) is 11.4 Å². The second-order valence-corrected chi connectivity index (χ2v) is 6.28. The lowest BCUT2D eigenvalue weighted by Gasteiger charge is -2.19. The molecule has 1 aromatic carbocycles. The number of aromatic nitrogens is 1. The molecule has 1 fully saturated rings. The standard InChI is InChI=1S/C18H18ClN3O2/c1-12(13-5-4-8-20-10-13)21-18(24)14-9-17(23)22(11-14)16-7-3-2-6-15(16)19/h2-8,10,12,14H,9,11H2,1H3,(H,21,24)/t12-,14-/m1/s1. The molecule has 0 saturated carbocycles. The maximum Gasteiger partial charge on any atom is 0.227 e. The highest BCUT2D eigenvalue weighted by molar-refractivity contribution is 6.33. The van der Waals surface area contributed by atoms with E-state index in [4.69, 9.17) is 11.6 Å². The molecule has 1 aromatic heterocycles. The average Bonchev–Trinajstić information content (AvgIpc) is 2.98. The minimum atomic E-state index is -0.382. The smallest absolute Gasteiger partial charge is 0.227 e. The van der Waals surface area contributed by atoms with Gasteiger partial charge in [-0.1, -0.05) is 29.8 Å².